The van der Waals surface area contributed by atoms with Crippen molar-refractivity contribution in [3.63, 3.8) is 0 Å². The van der Waals surface area contributed by atoms with Crippen molar-refractivity contribution in [1.82, 2.24) is 16.0 Å². The van der Waals surface area contributed by atoms with Gasteiger partial charge in [-0.25, -0.2) is 0 Å². The number of hydrogen-bond donors (Lipinski definition) is 4. The molecule has 1 atom stereocenters. The Morgan fingerprint density at radius 1 is 1.06 bits per heavy atom. The van der Waals surface area contributed by atoms with Crippen LogP contribution in [-0.2, 0) is 4.74 Å². The first kappa shape index (κ1) is 15.8. The number of likely N-dealkylation sites (N-methyl/N-ethyl adjacent to an activating group) is 2. The summed E-state index contributed by atoms with van der Waals surface area (Å²) in [6.45, 7) is 4.22. The van der Waals surface area contributed by atoms with Crippen molar-refractivity contribution in [3.05, 3.63) is 0 Å². The molecular formula is C11H27N3O2. The van der Waals surface area contributed by atoms with Gasteiger partial charge in [-0.15, -0.1) is 0 Å². The summed E-state index contributed by atoms with van der Waals surface area (Å²) in [5.41, 5.74) is 0. The van der Waals surface area contributed by atoms with Crippen LogP contribution >= 0.6 is 0 Å². The van der Waals surface area contributed by atoms with Crippen molar-refractivity contribution in [2.75, 3.05) is 46.9 Å². The Morgan fingerprint density at radius 2 is 1.88 bits per heavy atom. The smallest absolute Gasteiger partial charge is 0.128 e. The molecule has 0 aromatic carbocycles. The van der Waals surface area contributed by atoms with Gasteiger partial charge in [0, 0.05) is 19.7 Å². The highest BCUT2D eigenvalue weighted by Gasteiger charge is 1.98. The van der Waals surface area contributed by atoms with E-state index in [0.29, 0.717) is 6.61 Å². The van der Waals surface area contributed by atoms with Crippen LogP contribution in [-0.4, -0.2) is 58.3 Å². The second-order valence-corrected chi connectivity index (χ2v) is 3.79. The highest BCUT2D eigenvalue weighted by Crippen LogP contribution is 1.95. The first-order valence-electron chi connectivity index (χ1n) is 6.09. The Bertz CT molecular complexity index is 136. The molecule has 0 fully saturated rings. The molecule has 98 valence electrons. The van der Waals surface area contributed by atoms with Crippen LogP contribution in [0.25, 0.3) is 0 Å². The summed E-state index contributed by atoms with van der Waals surface area (Å²) in [4.78, 5) is 0. The lowest BCUT2D eigenvalue weighted by Crippen LogP contribution is -2.29. The molecule has 0 heterocycles. The minimum atomic E-state index is -0.539. The van der Waals surface area contributed by atoms with Crippen molar-refractivity contribution < 1.29 is 9.84 Å². The molecule has 0 aromatic rings. The second-order valence-electron chi connectivity index (χ2n) is 3.79. The molecule has 0 saturated carbocycles. The molecule has 0 aromatic heterocycles. The number of ether oxygens (including phenoxy) is 1. The summed E-state index contributed by atoms with van der Waals surface area (Å²) in [5.74, 6) is 0. The lowest BCUT2D eigenvalue weighted by Gasteiger charge is -2.09. The Kier molecular flexibility index (Phi) is 12.7. The average Bonchev–Trinajstić information content (AvgIpc) is 2.31. The number of aliphatic hydroxyl groups excluding tert-OH is 1. The number of aliphatic hydroxyl groups is 1. The maximum absolute atomic E-state index is 9.13. The predicted molar refractivity (Wildman–Crippen MR) is 66.5 cm³/mol. The zero-order valence-corrected chi connectivity index (χ0v) is 10.6. The van der Waals surface area contributed by atoms with Gasteiger partial charge in [-0.05, 0) is 39.9 Å². The molecule has 16 heavy (non-hydrogen) atoms. The van der Waals surface area contributed by atoms with Crippen LogP contribution in [0.5, 0.6) is 0 Å². The van der Waals surface area contributed by atoms with E-state index in [-0.39, 0.29) is 0 Å². The molecule has 0 rings (SSSR count). The van der Waals surface area contributed by atoms with Gasteiger partial charge >= 0.3 is 0 Å². The molecule has 5 nitrogen and oxygen atoms in total. The average molecular weight is 233 g/mol. The van der Waals surface area contributed by atoms with Crippen molar-refractivity contribution >= 4 is 0 Å². The lowest BCUT2D eigenvalue weighted by molar-refractivity contribution is 0.0217. The van der Waals surface area contributed by atoms with Crippen LogP contribution in [0.2, 0.25) is 0 Å². The van der Waals surface area contributed by atoms with Crippen molar-refractivity contribution in [2.45, 2.75) is 25.5 Å². The van der Waals surface area contributed by atoms with Crippen LogP contribution in [0.4, 0.5) is 0 Å². The van der Waals surface area contributed by atoms with E-state index in [1.54, 1.807) is 7.05 Å². The van der Waals surface area contributed by atoms with Gasteiger partial charge in [0.25, 0.3) is 0 Å². The van der Waals surface area contributed by atoms with E-state index in [4.69, 9.17) is 9.84 Å². The molecule has 5 heteroatoms. The van der Waals surface area contributed by atoms with Crippen molar-refractivity contribution in [1.29, 1.82) is 0 Å². The fourth-order valence-corrected chi connectivity index (χ4v) is 1.25. The highest BCUT2D eigenvalue weighted by atomic mass is 16.5. The molecule has 0 saturated heterocycles. The van der Waals surface area contributed by atoms with Gasteiger partial charge in [0.2, 0.25) is 0 Å². The van der Waals surface area contributed by atoms with E-state index >= 15 is 0 Å². The fourth-order valence-electron chi connectivity index (χ4n) is 1.25. The minimum Gasteiger partial charge on any atom is -0.377 e. The second kappa shape index (κ2) is 12.9. The Morgan fingerprint density at radius 3 is 2.56 bits per heavy atom. The van der Waals surface area contributed by atoms with Gasteiger partial charge in [0.15, 0.2) is 0 Å². The summed E-state index contributed by atoms with van der Waals surface area (Å²) in [6.07, 6.45) is 2.87. The van der Waals surface area contributed by atoms with Gasteiger partial charge in [-0.3, -0.25) is 5.32 Å². The van der Waals surface area contributed by atoms with E-state index in [9.17, 15) is 0 Å². The van der Waals surface area contributed by atoms with Gasteiger partial charge in [-0.1, -0.05) is 0 Å². The molecule has 0 aliphatic carbocycles. The van der Waals surface area contributed by atoms with Crippen molar-refractivity contribution in [3.8, 4) is 0 Å². The quantitative estimate of drug-likeness (QED) is 0.271. The standard InChI is InChI=1S/C11H27N3O2/c1-12-7-8-14-6-4-3-5-9-16-10-11(15)13-2/h11-15H,3-10H2,1-2H3. The summed E-state index contributed by atoms with van der Waals surface area (Å²) >= 11 is 0. The van der Waals surface area contributed by atoms with Crippen LogP contribution < -0.4 is 16.0 Å². The zero-order valence-electron chi connectivity index (χ0n) is 10.6. The van der Waals surface area contributed by atoms with Gasteiger partial charge in [0.1, 0.15) is 6.23 Å². The lowest BCUT2D eigenvalue weighted by atomic mass is 10.2. The monoisotopic (exact) mass is 233 g/mol. The first-order valence-corrected chi connectivity index (χ1v) is 6.09. The summed E-state index contributed by atoms with van der Waals surface area (Å²) in [7, 11) is 3.67. The highest BCUT2D eigenvalue weighted by molar-refractivity contribution is 4.50. The SMILES string of the molecule is CNCCNCCCCCOCC(O)NC. The van der Waals surface area contributed by atoms with Gasteiger partial charge < -0.3 is 20.5 Å². The summed E-state index contributed by atoms with van der Waals surface area (Å²) in [5, 5.41) is 18.3. The molecule has 0 bridgehead atoms. The molecule has 1 unspecified atom stereocenters. The molecular weight excluding hydrogens is 206 g/mol. The summed E-state index contributed by atoms with van der Waals surface area (Å²) in [6, 6.07) is 0. The van der Waals surface area contributed by atoms with E-state index < -0.39 is 6.23 Å². The third kappa shape index (κ3) is 11.9. The molecule has 0 radical (unpaired) electrons. The van der Waals surface area contributed by atoms with Gasteiger partial charge in [-0.2, -0.15) is 0 Å². The third-order valence-corrected chi connectivity index (χ3v) is 2.30. The maximum Gasteiger partial charge on any atom is 0.128 e. The van der Waals surface area contributed by atoms with Crippen LogP contribution in [0.15, 0.2) is 0 Å². The van der Waals surface area contributed by atoms with E-state index in [0.717, 1.165) is 32.7 Å². The molecule has 0 aliphatic heterocycles. The Labute approximate surface area is 98.9 Å². The normalized spacial score (nSPS) is 12.9. The number of nitrogens with one attached hydrogen (secondary N) is 3. The topological polar surface area (TPSA) is 65.5 Å². The predicted octanol–water partition coefficient (Wildman–Crippen LogP) is -0.480. The first-order chi connectivity index (χ1) is 7.81. The molecule has 0 spiro atoms. The maximum atomic E-state index is 9.13. The van der Waals surface area contributed by atoms with Crippen LogP contribution in [0.3, 0.4) is 0 Å². The third-order valence-electron chi connectivity index (χ3n) is 2.30. The molecule has 0 amide bonds. The zero-order chi connectivity index (χ0) is 12.1. The minimum absolute atomic E-state index is 0.372. The van der Waals surface area contributed by atoms with Crippen LogP contribution in [0.1, 0.15) is 19.3 Å². The number of unbranched alkanes of at least 4 members (excludes halogenated alkanes) is 2. The summed E-state index contributed by atoms with van der Waals surface area (Å²) < 4.78 is 5.29. The van der Waals surface area contributed by atoms with E-state index in [1.165, 1.54) is 12.8 Å². The van der Waals surface area contributed by atoms with Gasteiger partial charge in [0.05, 0.1) is 6.61 Å². The Balaban J connectivity index is 2.93. The fraction of sp³-hybridized carbons (Fsp3) is 1.00. The molecule has 0 aliphatic rings. The number of hydrogen-bond acceptors (Lipinski definition) is 5. The largest absolute Gasteiger partial charge is 0.377 e. The molecule has 4 N–H and O–H groups in total. The van der Waals surface area contributed by atoms with E-state index in [2.05, 4.69) is 16.0 Å². The Hall–Kier alpha value is -0.200. The van der Waals surface area contributed by atoms with E-state index in [1.807, 2.05) is 7.05 Å². The van der Waals surface area contributed by atoms with Crippen LogP contribution in [0, 0.1) is 0 Å². The van der Waals surface area contributed by atoms with Crippen molar-refractivity contribution in [2.24, 2.45) is 0 Å². The number of rotatable bonds is 12.